The summed E-state index contributed by atoms with van der Waals surface area (Å²) < 4.78 is 0. The second-order valence-electron chi connectivity index (χ2n) is 8.59. The molecule has 1 N–H and O–H groups in total. The fourth-order valence-corrected chi connectivity index (χ4v) is 5.31. The molecule has 0 aromatic heterocycles. The van der Waals surface area contributed by atoms with Gasteiger partial charge in [-0.1, -0.05) is 42.7 Å². The van der Waals surface area contributed by atoms with E-state index >= 15 is 0 Å². The summed E-state index contributed by atoms with van der Waals surface area (Å²) in [6.07, 6.45) is 13.5. The molecule has 0 bridgehead atoms. The third kappa shape index (κ3) is 4.16. The van der Waals surface area contributed by atoms with Gasteiger partial charge in [0.2, 0.25) is 5.91 Å². The van der Waals surface area contributed by atoms with Crippen LogP contribution >= 0.6 is 0 Å². The fraction of sp³-hybridized carbons (Fsp3) is 0.583. The Bertz CT molecular complexity index is 727. The largest absolute Gasteiger partial charge is 0.354 e. The van der Waals surface area contributed by atoms with Crippen molar-refractivity contribution in [2.24, 2.45) is 5.92 Å². The Balaban J connectivity index is 1.44. The predicted octanol–water partition coefficient (Wildman–Crippen LogP) is 4.47. The first-order valence-corrected chi connectivity index (χ1v) is 11.1. The van der Waals surface area contributed by atoms with Crippen molar-refractivity contribution < 1.29 is 9.59 Å². The van der Waals surface area contributed by atoms with Gasteiger partial charge in [0.25, 0.3) is 5.91 Å². The normalized spacial score (nSPS) is 27.1. The molecule has 4 nitrogen and oxygen atoms in total. The lowest BCUT2D eigenvalue weighted by molar-refractivity contribution is -0.125. The van der Waals surface area contributed by atoms with Crippen molar-refractivity contribution in [2.75, 3.05) is 6.54 Å². The van der Waals surface area contributed by atoms with Crippen LogP contribution in [0.4, 0.5) is 0 Å². The number of carbonyl (C=O) groups is 2. The molecule has 1 saturated heterocycles. The van der Waals surface area contributed by atoms with Crippen molar-refractivity contribution >= 4 is 11.8 Å². The van der Waals surface area contributed by atoms with Crippen LogP contribution in [0.25, 0.3) is 0 Å². The summed E-state index contributed by atoms with van der Waals surface area (Å²) in [6, 6.07) is 9.35. The molecule has 1 aromatic carbocycles. The van der Waals surface area contributed by atoms with Crippen LogP contribution in [0.15, 0.2) is 42.0 Å². The van der Waals surface area contributed by atoms with Crippen LogP contribution < -0.4 is 5.32 Å². The molecule has 1 heterocycles. The Morgan fingerprint density at radius 2 is 1.86 bits per heavy atom. The topological polar surface area (TPSA) is 49.4 Å². The quantitative estimate of drug-likeness (QED) is 0.767. The van der Waals surface area contributed by atoms with E-state index in [1.807, 2.05) is 35.2 Å². The van der Waals surface area contributed by atoms with Crippen LogP contribution in [0.1, 0.15) is 74.6 Å². The standard InChI is InChI=1S/C24H32N2O2/c27-23(25-16-15-18-9-3-1-4-10-18)22-17-20-13-7-8-14-21(20)26(22)24(28)19-11-5-2-6-12-19/h2,5-6,9,11-12,20-22H,1,3-4,7-8,10,13-17H2,(H,25,27)/t20-,21-,22+/m1/s1. The molecule has 0 unspecified atom stereocenters. The molecular formula is C24H32N2O2. The highest BCUT2D eigenvalue weighted by Gasteiger charge is 2.47. The highest BCUT2D eigenvalue weighted by atomic mass is 16.2. The molecule has 2 fully saturated rings. The third-order valence-electron chi connectivity index (χ3n) is 6.78. The van der Waals surface area contributed by atoms with Gasteiger partial charge in [-0.25, -0.2) is 0 Å². The number of likely N-dealkylation sites (tertiary alicyclic amines) is 1. The molecule has 2 amide bonds. The number of nitrogens with one attached hydrogen (secondary N) is 1. The van der Waals surface area contributed by atoms with E-state index in [-0.39, 0.29) is 23.9 Å². The van der Waals surface area contributed by atoms with Crippen molar-refractivity contribution in [3.63, 3.8) is 0 Å². The van der Waals surface area contributed by atoms with E-state index in [1.54, 1.807) is 0 Å². The minimum atomic E-state index is -0.318. The smallest absolute Gasteiger partial charge is 0.254 e. The van der Waals surface area contributed by atoms with Crippen molar-refractivity contribution in [2.45, 2.75) is 76.3 Å². The van der Waals surface area contributed by atoms with Crippen LogP contribution in [0.3, 0.4) is 0 Å². The summed E-state index contributed by atoms with van der Waals surface area (Å²) in [5.74, 6) is 0.526. The highest BCUT2D eigenvalue weighted by molar-refractivity contribution is 5.98. The molecule has 2 aliphatic carbocycles. The molecule has 150 valence electrons. The summed E-state index contributed by atoms with van der Waals surface area (Å²) in [5.41, 5.74) is 2.17. The number of hydrogen-bond donors (Lipinski definition) is 1. The monoisotopic (exact) mass is 380 g/mol. The highest BCUT2D eigenvalue weighted by Crippen LogP contribution is 2.40. The maximum absolute atomic E-state index is 13.3. The predicted molar refractivity (Wildman–Crippen MR) is 111 cm³/mol. The van der Waals surface area contributed by atoms with Crippen molar-refractivity contribution in [3.8, 4) is 0 Å². The Hall–Kier alpha value is -2.10. The average Bonchev–Trinajstić information content (AvgIpc) is 3.14. The molecule has 3 aliphatic rings. The van der Waals surface area contributed by atoms with Gasteiger partial charge in [-0.2, -0.15) is 0 Å². The molecule has 1 saturated carbocycles. The minimum Gasteiger partial charge on any atom is -0.354 e. The van der Waals surface area contributed by atoms with Gasteiger partial charge in [-0.3, -0.25) is 9.59 Å². The van der Waals surface area contributed by atoms with Gasteiger partial charge in [0.05, 0.1) is 0 Å². The summed E-state index contributed by atoms with van der Waals surface area (Å²) >= 11 is 0. The first kappa shape index (κ1) is 19.2. The zero-order valence-corrected chi connectivity index (χ0v) is 16.7. The van der Waals surface area contributed by atoms with Crippen molar-refractivity contribution in [1.29, 1.82) is 0 Å². The minimum absolute atomic E-state index is 0.0186. The second-order valence-corrected chi connectivity index (χ2v) is 8.59. The van der Waals surface area contributed by atoms with Gasteiger partial charge in [0.1, 0.15) is 6.04 Å². The third-order valence-corrected chi connectivity index (χ3v) is 6.78. The number of fused-ring (bicyclic) bond motifs is 1. The van der Waals surface area contributed by atoms with E-state index in [0.29, 0.717) is 18.0 Å². The average molecular weight is 381 g/mol. The second kappa shape index (κ2) is 8.93. The zero-order valence-electron chi connectivity index (χ0n) is 16.7. The molecule has 28 heavy (non-hydrogen) atoms. The lowest BCUT2D eigenvalue weighted by atomic mass is 9.84. The number of nitrogens with zero attached hydrogens (tertiary/aromatic N) is 1. The Morgan fingerprint density at radius 1 is 1.04 bits per heavy atom. The number of hydrogen-bond acceptors (Lipinski definition) is 2. The van der Waals surface area contributed by atoms with Crippen molar-refractivity contribution in [3.05, 3.63) is 47.5 Å². The van der Waals surface area contributed by atoms with Crippen LogP contribution in [0.2, 0.25) is 0 Å². The van der Waals surface area contributed by atoms with Gasteiger partial charge in [0.15, 0.2) is 0 Å². The van der Waals surface area contributed by atoms with Crippen LogP contribution in [-0.4, -0.2) is 35.3 Å². The molecule has 0 radical (unpaired) electrons. The maximum atomic E-state index is 13.3. The molecule has 3 atom stereocenters. The van der Waals surface area contributed by atoms with Crippen molar-refractivity contribution in [1.82, 2.24) is 10.2 Å². The maximum Gasteiger partial charge on any atom is 0.254 e. The Morgan fingerprint density at radius 3 is 2.64 bits per heavy atom. The first-order valence-electron chi connectivity index (χ1n) is 11.1. The lowest BCUT2D eigenvalue weighted by Gasteiger charge is -2.33. The fourth-order valence-electron chi connectivity index (χ4n) is 5.31. The van der Waals surface area contributed by atoms with Gasteiger partial charge in [-0.05, 0) is 69.4 Å². The van der Waals surface area contributed by atoms with Gasteiger partial charge in [0, 0.05) is 18.2 Å². The van der Waals surface area contributed by atoms with Gasteiger partial charge >= 0.3 is 0 Å². The van der Waals surface area contributed by atoms with E-state index in [2.05, 4.69) is 11.4 Å². The summed E-state index contributed by atoms with van der Waals surface area (Å²) in [5, 5.41) is 3.14. The molecule has 0 spiro atoms. The lowest BCUT2D eigenvalue weighted by Crippen LogP contribution is -2.49. The van der Waals surface area contributed by atoms with Gasteiger partial charge in [-0.15, -0.1) is 0 Å². The van der Waals surface area contributed by atoms with E-state index in [9.17, 15) is 9.59 Å². The molecule has 4 rings (SSSR count). The van der Waals surface area contributed by atoms with Crippen LogP contribution in [-0.2, 0) is 4.79 Å². The van der Waals surface area contributed by atoms with E-state index in [4.69, 9.17) is 0 Å². The summed E-state index contributed by atoms with van der Waals surface area (Å²) in [4.78, 5) is 28.3. The van der Waals surface area contributed by atoms with E-state index in [1.165, 1.54) is 37.7 Å². The number of rotatable bonds is 5. The number of carbonyl (C=O) groups excluding carboxylic acids is 2. The molecular weight excluding hydrogens is 348 g/mol. The van der Waals surface area contributed by atoms with Gasteiger partial charge < -0.3 is 10.2 Å². The zero-order chi connectivity index (χ0) is 19.3. The SMILES string of the molecule is O=C(NCCC1=CCCCC1)[C@@H]1C[C@H]2CCCC[C@H]2N1C(=O)c1ccccc1. The van der Waals surface area contributed by atoms with Crippen LogP contribution in [0.5, 0.6) is 0 Å². The van der Waals surface area contributed by atoms with E-state index < -0.39 is 0 Å². The summed E-state index contributed by atoms with van der Waals surface area (Å²) in [7, 11) is 0. The van der Waals surface area contributed by atoms with Crippen LogP contribution in [0, 0.1) is 5.92 Å². The first-order chi connectivity index (χ1) is 13.7. The Labute approximate surface area is 168 Å². The summed E-state index contributed by atoms with van der Waals surface area (Å²) in [6.45, 7) is 0.684. The molecule has 1 aliphatic heterocycles. The number of amides is 2. The molecule has 1 aromatic rings. The van der Waals surface area contributed by atoms with E-state index in [0.717, 1.165) is 32.1 Å². The molecule has 4 heteroatoms. The number of allylic oxidation sites excluding steroid dienone is 1. The number of benzene rings is 1. The Kier molecular flexibility index (Phi) is 6.13.